The molecule has 16 heavy (non-hydrogen) atoms. The molecule has 98 valence electrons. The number of nitrogens with one attached hydrogen (secondary N) is 1. The molecule has 0 saturated heterocycles. The third-order valence-corrected chi connectivity index (χ3v) is 3.46. The average molecular weight is 257 g/mol. The van der Waals surface area contributed by atoms with Gasteiger partial charge in [0.25, 0.3) is 0 Å². The van der Waals surface area contributed by atoms with Crippen LogP contribution in [-0.2, 0) is 0 Å². The lowest BCUT2D eigenvalue weighted by Crippen LogP contribution is -2.33. The highest BCUT2D eigenvalue weighted by molar-refractivity contribution is 7.99. The van der Waals surface area contributed by atoms with Crippen LogP contribution in [0, 0.1) is 0 Å². The summed E-state index contributed by atoms with van der Waals surface area (Å²) >= 11 is 1.73. The summed E-state index contributed by atoms with van der Waals surface area (Å²) in [5, 5.41) is 3.18. The molecule has 0 aromatic heterocycles. The van der Waals surface area contributed by atoms with Crippen molar-refractivity contribution in [3.63, 3.8) is 0 Å². The summed E-state index contributed by atoms with van der Waals surface area (Å²) in [4.78, 5) is 0. The Labute approximate surface area is 101 Å². The Kier molecular flexibility index (Phi) is 9.22. The van der Waals surface area contributed by atoms with Crippen LogP contribution in [0.25, 0.3) is 0 Å². The van der Waals surface area contributed by atoms with Crippen molar-refractivity contribution in [2.24, 2.45) is 0 Å². The zero-order valence-corrected chi connectivity index (χ0v) is 10.9. The smallest absolute Gasteiger partial charge is 0.313 e. The maximum atomic E-state index is 12.1. The van der Waals surface area contributed by atoms with Crippen LogP contribution in [0.5, 0.6) is 0 Å². The van der Waals surface area contributed by atoms with Gasteiger partial charge in [-0.3, -0.25) is 0 Å². The van der Waals surface area contributed by atoms with Crippen LogP contribution in [0.1, 0.15) is 39.5 Å². The van der Waals surface area contributed by atoms with Gasteiger partial charge in [-0.2, -0.15) is 24.9 Å². The first kappa shape index (κ1) is 16.1. The van der Waals surface area contributed by atoms with Crippen molar-refractivity contribution in [2.45, 2.75) is 51.7 Å². The first-order valence-electron chi connectivity index (χ1n) is 5.87. The van der Waals surface area contributed by atoms with Crippen LogP contribution in [0.3, 0.4) is 0 Å². The number of hydrogen-bond donors (Lipinski definition) is 1. The molecule has 0 amide bonds. The van der Waals surface area contributed by atoms with Gasteiger partial charge in [0.15, 0.2) is 0 Å². The summed E-state index contributed by atoms with van der Waals surface area (Å²) in [6.07, 6.45) is -2.48. The molecule has 0 bridgehead atoms. The van der Waals surface area contributed by atoms with Crippen molar-refractivity contribution in [1.29, 1.82) is 0 Å². The van der Waals surface area contributed by atoms with Crippen LogP contribution in [-0.4, -0.2) is 30.3 Å². The van der Waals surface area contributed by atoms with Crippen LogP contribution >= 0.6 is 11.8 Å². The van der Waals surface area contributed by atoms with Gasteiger partial charge in [-0.25, -0.2) is 0 Å². The van der Waals surface area contributed by atoms with Crippen LogP contribution < -0.4 is 5.32 Å². The molecule has 0 aliphatic carbocycles. The summed E-state index contributed by atoms with van der Waals surface area (Å²) in [5.41, 5.74) is 0. The van der Waals surface area contributed by atoms with E-state index in [0.29, 0.717) is 0 Å². The standard InChI is InChI=1S/C11H22F3NS/c1-3-7-15-10(9-16-8-4-2)5-6-11(12,13)14/h10,15H,3-9H2,1-2H3. The van der Waals surface area contributed by atoms with Gasteiger partial charge in [-0.1, -0.05) is 13.8 Å². The highest BCUT2D eigenvalue weighted by Crippen LogP contribution is 2.23. The van der Waals surface area contributed by atoms with E-state index in [9.17, 15) is 13.2 Å². The molecular weight excluding hydrogens is 235 g/mol. The lowest BCUT2D eigenvalue weighted by Gasteiger charge is -2.18. The average Bonchev–Trinajstić information content (AvgIpc) is 2.20. The zero-order chi connectivity index (χ0) is 12.4. The van der Waals surface area contributed by atoms with E-state index in [1.54, 1.807) is 11.8 Å². The SMILES string of the molecule is CCCNC(CCC(F)(F)F)CSCCC. The number of alkyl halides is 3. The van der Waals surface area contributed by atoms with Crippen molar-refractivity contribution in [1.82, 2.24) is 5.32 Å². The van der Waals surface area contributed by atoms with Crippen molar-refractivity contribution in [2.75, 3.05) is 18.1 Å². The van der Waals surface area contributed by atoms with Crippen LogP contribution in [0.4, 0.5) is 13.2 Å². The van der Waals surface area contributed by atoms with Gasteiger partial charge >= 0.3 is 6.18 Å². The van der Waals surface area contributed by atoms with E-state index in [4.69, 9.17) is 0 Å². The molecule has 0 spiro atoms. The summed E-state index contributed by atoms with van der Waals surface area (Å²) in [7, 11) is 0. The largest absolute Gasteiger partial charge is 0.389 e. The lowest BCUT2D eigenvalue weighted by atomic mass is 10.2. The van der Waals surface area contributed by atoms with E-state index >= 15 is 0 Å². The van der Waals surface area contributed by atoms with Gasteiger partial charge in [0.1, 0.15) is 0 Å². The highest BCUT2D eigenvalue weighted by atomic mass is 32.2. The van der Waals surface area contributed by atoms with Crippen molar-refractivity contribution in [3.05, 3.63) is 0 Å². The molecule has 0 heterocycles. The van der Waals surface area contributed by atoms with Gasteiger partial charge in [-0.15, -0.1) is 0 Å². The Morgan fingerprint density at radius 1 is 1.19 bits per heavy atom. The van der Waals surface area contributed by atoms with Gasteiger partial charge in [0.2, 0.25) is 0 Å². The summed E-state index contributed by atoms with van der Waals surface area (Å²) in [5.74, 6) is 1.81. The molecule has 1 N–H and O–H groups in total. The number of thioether (sulfide) groups is 1. The second-order valence-corrected chi connectivity index (χ2v) is 5.03. The maximum Gasteiger partial charge on any atom is 0.389 e. The maximum absolute atomic E-state index is 12.1. The number of rotatable bonds is 9. The van der Waals surface area contributed by atoms with E-state index in [-0.39, 0.29) is 12.5 Å². The van der Waals surface area contributed by atoms with E-state index in [0.717, 1.165) is 30.9 Å². The molecule has 0 aromatic rings. The third-order valence-electron chi connectivity index (χ3n) is 2.13. The summed E-state index contributed by atoms with van der Waals surface area (Å²) in [6, 6.07) is -0.00174. The second-order valence-electron chi connectivity index (χ2n) is 3.88. The quantitative estimate of drug-likeness (QED) is 0.630. The van der Waals surface area contributed by atoms with Crippen molar-refractivity contribution < 1.29 is 13.2 Å². The molecule has 0 aliphatic rings. The minimum absolute atomic E-state index is 0.00174. The minimum atomic E-state index is -4.03. The predicted molar refractivity (Wildman–Crippen MR) is 65.0 cm³/mol. The Hall–Kier alpha value is 0.100. The molecule has 5 heteroatoms. The summed E-state index contributed by atoms with van der Waals surface area (Å²) in [6.45, 7) is 4.90. The van der Waals surface area contributed by atoms with Gasteiger partial charge in [0, 0.05) is 18.2 Å². The van der Waals surface area contributed by atoms with Crippen molar-refractivity contribution >= 4 is 11.8 Å². The molecule has 0 aromatic carbocycles. The third kappa shape index (κ3) is 10.6. The van der Waals surface area contributed by atoms with Gasteiger partial charge < -0.3 is 5.32 Å². The number of halogens is 3. The molecular formula is C11H22F3NS. The molecule has 0 radical (unpaired) electrons. The molecule has 0 aliphatic heterocycles. The fraction of sp³-hybridized carbons (Fsp3) is 1.00. The Morgan fingerprint density at radius 2 is 1.88 bits per heavy atom. The topological polar surface area (TPSA) is 12.0 Å². The van der Waals surface area contributed by atoms with Crippen LogP contribution in [0.2, 0.25) is 0 Å². The Morgan fingerprint density at radius 3 is 2.38 bits per heavy atom. The molecule has 0 saturated carbocycles. The first-order valence-corrected chi connectivity index (χ1v) is 7.03. The highest BCUT2D eigenvalue weighted by Gasteiger charge is 2.28. The fourth-order valence-corrected chi connectivity index (χ4v) is 2.32. The second kappa shape index (κ2) is 9.16. The molecule has 1 unspecified atom stereocenters. The normalized spacial score (nSPS) is 14.1. The summed E-state index contributed by atoms with van der Waals surface area (Å²) < 4.78 is 36.3. The molecule has 0 fully saturated rings. The van der Waals surface area contributed by atoms with E-state index in [2.05, 4.69) is 12.2 Å². The van der Waals surface area contributed by atoms with Crippen molar-refractivity contribution in [3.8, 4) is 0 Å². The lowest BCUT2D eigenvalue weighted by molar-refractivity contribution is -0.136. The van der Waals surface area contributed by atoms with Crippen LogP contribution in [0.15, 0.2) is 0 Å². The van der Waals surface area contributed by atoms with Gasteiger partial charge in [0.05, 0.1) is 0 Å². The molecule has 1 nitrogen and oxygen atoms in total. The number of hydrogen-bond acceptors (Lipinski definition) is 2. The fourth-order valence-electron chi connectivity index (χ4n) is 1.30. The molecule has 0 rings (SSSR count). The molecule has 1 atom stereocenters. The van der Waals surface area contributed by atoms with E-state index < -0.39 is 12.6 Å². The monoisotopic (exact) mass is 257 g/mol. The van der Waals surface area contributed by atoms with Gasteiger partial charge in [-0.05, 0) is 31.6 Å². The van der Waals surface area contributed by atoms with E-state index in [1.807, 2.05) is 6.92 Å². The van der Waals surface area contributed by atoms with E-state index in [1.165, 1.54) is 0 Å². The Bertz CT molecular complexity index is 162. The predicted octanol–water partition coefficient (Wildman–Crippen LogP) is 3.84. The Balaban J connectivity index is 3.80. The first-order chi connectivity index (χ1) is 7.49. The zero-order valence-electron chi connectivity index (χ0n) is 10.1. The minimum Gasteiger partial charge on any atom is -0.313 e.